The first-order chi connectivity index (χ1) is 54.8. The van der Waals surface area contributed by atoms with Gasteiger partial charge in [-0.05, 0) is 164 Å². The molecule has 14 aromatic carbocycles. The Balaban J connectivity index is 0.000000129. The van der Waals surface area contributed by atoms with Crippen LogP contribution in [0.2, 0.25) is 0 Å². The third-order valence-electron chi connectivity index (χ3n) is 21.7. The van der Waals surface area contributed by atoms with Crippen LogP contribution >= 0.6 is 15.9 Å². The van der Waals surface area contributed by atoms with Crippen molar-refractivity contribution in [1.82, 2.24) is 29.9 Å². The van der Waals surface area contributed by atoms with E-state index in [0.29, 0.717) is 34.9 Å². The molecule has 0 unspecified atom stereocenters. The number of aromatic nitrogens is 6. The second-order valence-electron chi connectivity index (χ2n) is 29.1. The van der Waals surface area contributed by atoms with Gasteiger partial charge in [-0.1, -0.05) is 209 Å². The molecule has 23 rings (SSSR count). The molecule has 114 heavy (non-hydrogen) atoms. The van der Waals surface area contributed by atoms with E-state index in [1.165, 1.54) is 5.39 Å². The number of furan rings is 6. The fourth-order valence-electron chi connectivity index (χ4n) is 15.3. The van der Waals surface area contributed by atoms with Gasteiger partial charge in [-0.25, -0.2) is 29.9 Å². The highest BCUT2D eigenvalue weighted by molar-refractivity contribution is 9.10. The summed E-state index contributed by atoms with van der Waals surface area (Å²) in [6.07, 6.45) is 0. The van der Waals surface area contributed by atoms with Gasteiger partial charge in [0, 0.05) is 104 Å². The van der Waals surface area contributed by atoms with Crippen molar-refractivity contribution in [2.45, 2.75) is 53.8 Å². The Labute approximate surface area is 662 Å². The van der Waals surface area contributed by atoms with Crippen LogP contribution in [0.4, 0.5) is 0 Å². The second kappa shape index (κ2) is 28.0. The minimum atomic E-state index is -0.451. The summed E-state index contributed by atoms with van der Waals surface area (Å²) in [7, 11) is -0.451. The van der Waals surface area contributed by atoms with Crippen molar-refractivity contribution in [1.29, 1.82) is 0 Å². The maximum absolute atomic E-state index is 6.45. The highest BCUT2D eigenvalue weighted by Crippen LogP contribution is 2.43. The zero-order chi connectivity index (χ0) is 74.9. The molecule has 1 aliphatic heterocycles. The average Bonchev–Trinajstić information content (AvgIpc) is 1.68. The van der Waals surface area contributed by atoms with Gasteiger partial charge in [0.15, 0.2) is 34.9 Å². The predicted molar refractivity (Wildman–Crippen MR) is 465 cm³/mol. The van der Waals surface area contributed by atoms with Crippen molar-refractivity contribution < 1.29 is 35.8 Å². The number of fused-ring (bicyclic) bond motifs is 18. The first-order valence-corrected chi connectivity index (χ1v) is 37.8. The lowest BCUT2D eigenvalue weighted by atomic mass is 9.78. The number of hydrogen-bond donors (Lipinski definition) is 0. The summed E-state index contributed by atoms with van der Waals surface area (Å²) in [6, 6.07) is 102. The zero-order valence-electron chi connectivity index (χ0n) is 60.8. The highest BCUT2D eigenvalue weighted by Gasteiger charge is 2.52. The van der Waals surface area contributed by atoms with E-state index in [2.05, 4.69) is 141 Å². The number of halogens is 1. The molecule has 0 bridgehead atoms. The summed E-state index contributed by atoms with van der Waals surface area (Å²) in [6.45, 7) is 8.25. The van der Waals surface area contributed by atoms with Crippen LogP contribution < -0.4 is 5.46 Å². The van der Waals surface area contributed by atoms with E-state index < -0.39 is 18.3 Å². The smallest absolute Gasteiger partial charge is 0.456 e. The topological polar surface area (TPSA) is 175 Å². The first kappa shape index (κ1) is 70.7. The fraction of sp³-hybridized carbons (Fsp3) is 0.0816. The summed E-state index contributed by atoms with van der Waals surface area (Å²) >= 11 is 3.48. The fourth-order valence-corrected chi connectivity index (χ4v) is 15.7. The van der Waals surface area contributed by atoms with E-state index in [0.717, 1.165) is 181 Å². The molecule has 0 saturated carbocycles. The van der Waals surface area contributed by atoms with Gasteiger partial charge in [0.05, 0.1) is 15.7 Å². The SMILES string of the molecule is Brc1cccc2c1oc1ccccc12.C.C.CC1(C)OB(c2ccc3oc4cc(-c5nc(-c6ccccc6)nc(-c6ccc7oc8ccccc8c7c6)n5)ccc4c3c2)OC1(C)C.c1ccc(-c2nc(-c3ccc4c(c3)oc3ccc(-c5cccc6c5oc5ccccc56)cc34)nc(-c3ccc4oc5ccccc5c4c3)n2)cc1. The second-order valence-corrected chi connectivity index (χ2v) is 30.0. The van der Waals surface area contributed by atoms with Gasteiger partial charge in [0.25, 0.3) is 0 Å². The summed E-state index contributed by atoms with van der Waals surface area (Å²) in [5.41, 5.74) is 17.6. The third kappa shape index (κ3) is 12.3. The minimum Gasteiger partial charge on any atom is -0.456 e. The Morgan fingerprint density at radius 2 is 0.544 bits per heavy atom. The van der Waals surface area contributed by atoms with Gasteiger partial charge in [0.2, 0.25) is 0 Å². The molecule has 9 heterocycles. The van der Waals surface area contributed by atoms with Crippen molar-refractivity contribution in [3.8, 4) is 79.5 Å². The average molecular weight is 1550 g/mol. The Morgan fingerprint density at radius 3 is 1.01 bits per heavy atom. The Hall–Kier alpha value is -13.6. The molecule has 0 aliphatic carbocycles. The van der Waals surface area contributed by atoms with E-state index >= 15 is 0 Å². The lowest BCUT2D eigenvalue weighted by Crippen LogP contribution is -2.41. The largest absolute Gasteiger partial charge is 0.494 e. The molecule has 1 saturated heterocycles. The van der Waals surface area contributed by atoms with Gasteiger partial charge in [-0.3, -0.25) is 0 Å². The molecule has 550 valence electrons. The van der Waals surface area contributed by atoms with Gasteiger partial charge in [0.1, 0.15) is 67.0 Å². The molecule has 14 nitrogen and oxygen atoms in total. The standard InChI is InChI=1S/C45H25N3O3.C39H30BN3O4.C12H7BrO.2CH4/c1-2-9-26(10-3-1)43-46-44(28-19-22-39-36(24-28)32-12-5-6-15-37(32)49-39)48-45(47-43)29-17-20-33-35-23-27(18-21-40(35)50-41(33)25-29)30-13-8-14-34-31-11-4-7-16-38(31)51-42(30)34;1-38(2)39(3,4)47-40(46-38)26-16-19-33-30(22-26)28-17-14-25(21-34(28)45-33)37-42-35(23-10-6-5-7-11-23)41-36(43-37)24-15-18-32-29(20-24)27-12-8-9-13-31(27)44-32;13-10-6-3-5-9-8-4-1-2-7-11(8)14-12(9)10;;/h1-25H;5-22H,1-4H3;1-7H;2*1H4. The summed E-state index contributed by atoms with van der Waals surface area (Å²) in [5, 5.41) is 12.7. The molecule has 0 atom stereocenters. The normalized spacial score (nSPS) is 13.2. The van der Waals surface area contributed by atoms with Crippen LogP contribution in [0.3, 0.4) is 0 Å². The summed E-state index contributed by atoms with van der Waals surface area (Å²) < 4.78 is 50.7. The highest BCUT2D eigenvalue weighted by atomic mass is 79.9. The number of rotatable bonds is 8. The molecule has 0 radical (unpaired) electrons. The lowest BCUT2D eigenvalue weighted by molar-refractivity contribution is 0.00578. The minimum absolute atomic E-state index is 0. The van der Waals surface area contributed by atoms with E-state index in [1.807, 2.05) is 206 Å². The van der Waals surface area contributed by atoms with Crippen LogP contribution in [0.1, 0.15) is 42.5 Å². The molecular weight excluding hydrogens is 1480 g/mol. The summed E-state index contributed by atoms with van der Waals surface area (Å²) in [5.74, 6) is 3.49. The van der Waals surface area contributed by atoms with E-state index in [9.17, 15) is 0 Å². The number of hydrogen-bond acceptors (Lipinski definition) is 14. The molecule has 0 spiro atoms. The van der Waals surface area contributed by atoms with E-state index in [1.54, 1.807) is 0 Å². The number of benzene rings is 14. The molecule has 0 amide bonds. The zero-order valence-corrected chi connectivity index (χ0v) is 62.4. The molecule has 8 aromatic heterocycles. The Morgan fingerprint density at radius 1 is 0.237 bits per heavy atom. The van der Waals surface area contributed by atoms with Gasteiger partial charge in [-0.15, -0.1) is 0 Å². The van der Waals surface area contributed by atoms with Gasteiger partial charge in [-0.2, -0.15) is 0 Å². The van der Waals surface area contributed by atoms with Crippen LogP contribution in [0.5, 0.6) is 0 Å². The van der Waals surface area contributed by atoms with Gasteiger partial charge < -0.3 is 35.8 Å². The Kier molecular flexibility index (Phi) is 17.4. The van der Waals surface area contributed by atoms with Gasteiger partial charge >= 0.3 is 7.12 Å². The maximum Gasteiger partial charge on any atom is 0.494 e. The number of nitrogens with zero attached hydrogens (tertiary/aromatic N) is 6. The molecule has 0 N–H and O–H groups in total. The van der Waals surface area contributed by atoms with Crippen LogP contribution in [-0.2, 0) is 9.31 Å². The van der Waals surface area contributed by atoms with Crippen LogP contribution in [0, 0.1) is 0 Å². The predicted octanol–water partition coefficient (Wildman–Crippen LogP) is 26.8. The van der Waals surface area contributed by atoms with Crippen molar-refractivity contribution in [2.24, 2.45) is 0 Å². The molecular formula is C98H70BBrN6O8. The molecule has 1 aliphatic rings. The Bertz CT molecular complexity index is 7510. The lowest BCUT2D eigenvalue weighted by Gasteiger charge is -2.32. The quantitative estimate of drug-likeness (QED) is 0.131. The molecule has 1 fully saturated rings. The van der Waals surface area contributed by atoms with Crippen LogP contribution in [0.15, 0.2) is 334 Å². The first-order valence-electron chi connectivity index (χ1n) is 37.0. The molecule has 16 heteroatoms. The molecule has 22 aromatic rings. The van der Waals surface area contributed by atoms with Crippen LogP contribution in [-0.4, -0.2) is 48.2 Å². The van der Waals surface area contributed by atoms with Crippen molar-refractivity contribution in [3.05, 3.63) is 308 Å². The van der Waals surface area contributed by atoms with E-state index in [4.69, 9.17) is 65.7 Å². The maximum atomic E-state index is 6.45. The van der Waals surface area contributed by atoms with Crippen molar-refractivity contribution in [2.75, 3.05) is 0 Å². The summed E-state index contributed by atoms with van der Waals surface area (Å²) in [4.78, 5) is 29.8. The monoisotopic (exact) mass is 1550 g/mol. The van der Waals surface area contributed by atoms with Crippen molar-refractivity contribution in [3.63, 3.8) is 0 Å². The number of para-hydroxylation sites is 6. The third-order valence-corrected chi connectivity index (χ3v) is 22.3. The van der Waals surface area contributed by atoms with E-state index in [-0.39, 0.29) is 14.9 Å². The van der Waals surface area contributed by atoms with Crippen LogP contribution in [0.25, 0.3) is 211 Å². The van der Waals surface area contributed by atoms with Crippen molar-refractivity contribution >= 4 is 160 Å².